The second kappa shape index (κ2) is 6.20. The molecule has 8 heteroatoms. The summed E-state index contributed by atoms with van der Waals surface area (Å²) >= 11 is 0. The Morgan fingerprint density at radius 1 is 1.42 bits per heavy atom. The van der Waals surface area contributed by atoms with E-state index >= 15 is 0 Å². The standard InChI is InChI=1S/C16H15F2NO5/c1-3-24-16(21)10-5-19(8-6-23-7-8)13-9(14(10)20)4-11(17)12(18)15(13)22-2/h4-5,8H,3,6-7H2,1-2H3. The van der Waals surface area contributed by atoms with Crippen molar-refractivity contribution >= 4 is 16.9 Å². The Kier molecular flexibility index (Phi) is 4.23. The highest BCUT2D eigenvalue weighted by molar-refractivity contribution is 5.95. The Morgan fingerprint density at radius 3 is 2.67 bits per heavy atom. The van der Waals surface area contributed by atoms with Gasteiger partial charge in [-0.2, -0.15) is 4.39 Å². The van der Waals surface area contributed by atoms with Gasteiger partial charge in [-0.05, 0) is 13.0 Å². The summed E-state index contributed by atoms with van der Waals surface area (Å²) in [6, 6.07) is 0.550. The van der Waals surface area contributed by atoms with Gasteiger partial charge in [0, 0.05) is 6.20 Å². The molecule has 0 N–H and O–H groups in total. The van der Waals surface area contributed by atoms with E-state index in [9.17, 15) is 18.4 Å². The van der Waals surface area contributed by atoms with E-state index in [1.54, 1.807) is 6.92 Å². The van der Waals surface area contributed by atoms with Gasteiger partial charge in [0.15, 0.2) is 11.6 Å². The molecule has 0 bridgehead atoms. The van der Waals surface area contributed by atoms with Crippen LogP contribution in [-0.4, -0.2) is 37.5 Å². The number of hydrogen-bond donors (Lipinski definition) is 0. The van der Waals surface area contributed by atoms with Crippen LogP contribution in [0.1, 0.15) is 23.3 Å². The van der Waals surface area contributed by atoms with Crippen molar-refractivity contribution in [3.63, 3.8) is 0 Å². The topological polar surface area (TPSA) is 66.8 Å². The van der Waals surface area contributed by atoms with E-state index < -0.39 is 23.0 Å². The van der Waals surface area contributed by atoms with Gasteiger partial charge in [0.1, 0.15) is 5.56 Å². The summed E-state index contributed by atoms with van der Waals surface area (Å²) in [5, 5.41) is -0.150. The van der Waals surface area contributed by atoms with Crippen molar-refractivity contribution in [3.8, 4) is 5.75 Å². The Balaban J connectivity index is 2.39. The molecule has 0 radical (unpaired) electrons. The van der Waals surface area contributed by atoms with E-state index in [1.807, 2.05) is 0 Å². The summed E-state index contributed by atoms with van der Waals surface area (Å²) in [7, 11) is 1.18. The lowest BCUT2D eigenvalue weighted by atomic mass is 10.1. The van der Waals surface area contributed by atoms with Crippen LogP contribution in [0.4, 0.5) is 8.78 Å². The number of methoxy groups -OCH3 is 1. The maximum Gasteiger partial charge on any atom is 0.343 e. The highest BCUT2D eigenvalue weighted by Crippen LogP contribution is 2.33. The molecule has 1 saturated heterocycles. The molecule has 24 heavy (non-hydrogen) atoms. The van der Waals surface area contributed by atoms with Crippen LogP contribution in [0.2, 0.25) is 0 Å². The predicted octanol–water partition coefficient (Wildman–Crippen LogP) is 2.04. The average molecular weight is 339 g/mol. The van der Waals surface area contributed by atoms with Gasteiger partial charge in [-0.3, -0.25) is 4.79 Å². The third-order valence-electron chi connectivity index (χ3n) is 3.88. The van der Waals surface area contributed by atoms with Crippen LogP contribution in [0.25, 0.3) is 10.9 Å². The summed E-state index contributed by atoms with van der Waals surface area (Å²) < 4.78 is 44.4. The van der Waals surface area contributed by atoms with Crippen molar-refractivity contribution in [3.05, 3.63) is 39.7 Å². The highest BCUT2D eigenvalue weighted by Gasteiger charge is 2.28. The number of esters is 1. The molecule has 1 aliphatic heterocycles. The molecule has 0 atom stereocenters. The van der Waals surface area contributed by atoms with Crippen molar-refractivity contribution in [2.45, 2.75) is 13.0 Å². The smallest absolute Gasteiger partial charge is 0.343 e. The molecule has 1 aromatic heterocycles. The lowest BCUT2D eigenvalue weighted by molar-refractivity contribution is -0.0219. The Hall–Kier alpha value is -2.48. The summed E-state index contributed by atoms with van der Waals surface area (Å²) in [5.41, 5.74) is -0.899. The van der Waals surface area contributed by atoms with Crippen molar-refractivity contribution in [2.75, 3.05) is 26.9 Å². The normalized spacial score (nSPS) is 14.5. The first-order chi connectivity index (χ1) is 11.5. The fraction of sp³-hybridized carbons (Fsp3) is 0.375. The van der Waals surface area contributed by atoms with Gasteiger partial charge in [-0.15, -0.1) is 0 Å². The van der Waals surface area contributed by atoms with E-state index in [1.165, 1.54) is 17.9 Å². The molecule has 2 aromatic rings. The molecule has 0 saturated carbocycles. The minimum Gasteiger partial charge on any atom is -0.491 e. The van der Waals surface area contributed by atoms with Crippen LogP contribution in [0.3, 0.4) is 0 Å². The van der Waals surface area contributed by atoms with E-state index in [4.69, 9.17) is 14.2 Å². The van der Waals surface area contributed by atoms with Crippen molar-refractivity contribution in [1.82, 2.24) is 4.57 Å². The SMILES string of the molecule is CCOC(=O)c1cn(C2COC2)c2c(OC)c(F)c(F)cc2c1=O. The molecule has 2 heterocycles. The number of rotatable bonds is 4. The summed E-state index contributed by atoms with van der Waals surface area (Å²) in [5.74, 6) is -3.62. The van der Waals surface area contributed by atoms with Crippen molar-refractivity contribution < 1.29 is 27.8 Å². The highest BCUT2D eigenvalue weighted by atomic mass is 19.2. The molecule has 1 aliphatic rings. The minimum atomic E-state index is -1.23. The number of ether oxygens (including phenoxy) is 3. The molecule has 128 valence electrons. The summed E-state index contributed by atoms with van der Waals surface area (Å²) in [6.45, 7) is 2.34. The lowest BCUT2D eigenvalue weighted by Gasteiger charge is -2.30. The third kappa shape index (κ3) is 2.43. The van der Waals surface area contributed by atoms with E-state index in [2.05, 4.69) is 0 Å². The van der Waals surface area contributed by atoms with Crippen molar-refractivity contribution in [2.24, 2.45) is 0 Å². The maximum absolute atomic E-state index is 14.1. The fourth-order valence-corrected chi connectivity index (χ4v) is 2.64. The number of fused-ring (bicyclic) bond motifs is 1. The quantitative estimate of drug-likeness (QED) is 0.798. The van der Waals surface area contributed by atoms with E-state index in [-0.39, 0.29) is 34.9 Å². The molecule has 0 spiro atoms. The number of benzene rings is 1. The summed E-state index contributed by atoms with van der Waals surface area (Å²) in [4.78, 5) is 24.6. The number of hydrogen-bond acceptors (Lipinski definition) is 5. The zero-order chi connectivity index (χ0) is 17.4. The molecule has 0 aliphatic carbocycles. The van der Waals surface area contributed by atoms with E-state index in [0.717, 1.165) is 6.07 Å². The zero-order valence-electron chi connectivity index (χ0n) is 13.1. The molecule has 1 aromatic carbocycles. The Bertz CT molecular complexity index is 873. The number of halogens is 2. The minimum absolute atomic E-state index is 0.0859. The fourth-order valence-electron chi connectivity index (χ4n) is 2.64. The first kappa shape index (κ1) is 16.4. The molecule has 1 fully saturated rings. The lowest BCUT2D eigenvalue weighted by Crippen LogP contribution is -2.33. The van der Waals surface area contributed by atoms with Crippen LogP contribution >= 0.6 is 0 Å². The van der Waals surface area contributed by atoms with E-state index in [0.29, 0.717) is 13.2 Å². The molecule has 3 rings (SSSR count). The van der Waals surface area contributed by atoms with Gasteiger partial charge in [0.2, 0.25) is 11.2 Å². The second-order valence-electron chi connectivity index (χ2n) is 5.29. The van der Waals surface area contributed by atoms with Crippen LogP contribution in [0, 0.1) is 11.6 Å². The number of aromatic nitrogens is 1. The number of nitrogens with zero attached hydrogens (tertiary/aromatic N) is 1. The van der Waals surface area contributed by atoms with Gasteiger partial charge in [0.05, 0.1) is 43.9 Å². The molecular weight excluding hydrogens is 324 g/mol. The Labute approximate surface area is 135 Å². The number of carbonyl (C=O) groups is 1. The van der Waals surface area contributed by atoms with Gasteiger partial charge < -0.3 is 18.8 Å². The zero-order valence-corrected chi connectivity index (χ0v) is 13.1. The summed E-state index contributed by atoms with van der Waals surface area (Å²) in [6.07, 6.45) is 1.29. The first-order valence-corrected chi connectivity index (χ1v) is 7.35. The Morgan fingerprint density at radius 2 is 2.12 bits per heavy atom. The number of carbonyl (C=O) groups excluding carboxylic acids is 1. The monoisotopic (exact) mass is 339 g/mol. The van der Waals surface area contributed by atoms with Crippen LogP contribution < -0.4 is 10.2 Å². The molecule has 0 amide bonds. The predicted molar refractivity (Wildman–Crippen MR) is 80.5 cm³/mol. The van der Waals surface area contributed by atoms with Gasteiger partial charge >= 0.3 is 5.97 Å². The largest absolute Gasteiger partial charge is 0.491 e. The van der Waals surface area contributed by atoms with Gasteiger partial charge in [-0.25, -0.2) is 9.18 Å². The molecular formula is C16H15F2NO5. The van der Waals surface area contributed by atoms with Crippen molar-refractivity contribution in [1.29, 1.82) is 0 Å². The molecule has 0 unspecified atom stereocenters. The second-order valence-corrected chi connectivity index (χ2v) is 5.29. The third-order valence-corrected chi connectivity index (χ3v) is 3.88. The van der Waals surface area contributed by atoms with Crippen LogP contribution in [0.5, 0.6) is 5.75 Å². The first-order valence-electron chi connectivity index (χ1n) is 7.35. The maximum atomic E-state index is 14.1. The van der Waals surface area contributed by atoms with Gasteiger partial charge in [-0.1, -0.05) is 0 Å². The van der Waals surface area contributed by atoms with Crippen LogP contribution in [0.15, 0.2) is 17.1 Å². The molecule has 6 nitrogen and oxygen atoms in total. The average Bonchev–Trinajstić information content (AvgIpc) is 2.50. The van der Waals surface area contributed by atoms with Crippen LogP contribution in [-0.2, 0) is 9.47 Å². The number of pyridine rings is 1. The van der Waals surface area contributed by atoms with Gasteiger partial charge in [0.25, 0.3) is 0 Å².